The van der Waals surface area contributed by atoms with E-state index in [1.807, 2.05) is 37.8 Å². The van der Waals surface area contributed by atoms with Crippen molar-refractivity contribution >= 4 is 17.5 Å². The van der Waals surface area contributed by atoms with Gasteiger partial charge in [0.1, 0.15) is 0 Å². The van der Waals surface area contributed by atoms with Crippen LogP contribution in [0.1, 0.15) is 36.7 Å². The molecule has 0 saturated carbocycles. The lowest BCUT2D eigenvalue weighted by Crippen LogP contribution is -2.48. The molecule has 184 valence electrons. The molecule has 34 heavy (non-hydrogen) atoms. The first kappa shape index (κ1) is 25.4. The minimum Gasteiger partial charge on any atom is -0.493 e. The zero-order chi connectivity index (χ0) is 24.9. The van der Waals surface area contributed by atoms with Gasteiger partial charge in [-0.2, -0.15) is 0 Å². The Kier molecular flexibility index (Phi) is 8.04. The highest BCUT2D eigenvalue weighted by molar-refractivity contribution is 5.98. The Bertz CT molecular complexity index is 1020. The van der Waals surface area contributed by atoms with Gasteiger partial charge in [-0.25, -0.2) is 0 Å². The molecule has 2 amide bonds. The van der Waals surface area contributed by atoms with E-state index in [0.29, 0.717) is 48.1 Å². The molecular weight excluding hydrogens is 434 g/mol. The number of hydrogen-bond donors (Lipinski definition) is 1. The summed E-state index contributed by atoms with van der Waals surface area (Å²) >= 11 is 0. The minimum atomic E-state index is -0.507. The van der Waals surface area contributed by atoms with E-state index < -0.39 is 5.41 Å². The topological polar surface area (TPSA) is 80.3 Å². The van der Waals surface area contributed by atoms with E-state index >= 15 is 0 Å². The van der Waals surface area contributed by atoms with Crippen LogP contribution in [0.5, 0.6) is 17.2 Å². The third-order valence-corrected chi connectivity index (χ3v) is 5.89. The van der Waals surface area contributed by atoms with Crippen LogP contribution in [-0.2, 0) is 11.3 Å². The maximum absolute atomic E-state index is 13.1. The van der Waals surface area contributed by atoms with E-state index in [-0.39, 0.29) is 11.8 Å². The van der Waals surface area contributed by atoms with Crippen LogP contribution in [0.4, 0.5) is 5.69 Å². The first-order valence-corrected chi connectivity index (χ1v) is 11.4. The molecular formula is C26H35N3O5. The van der Waals surface area contributed by atoms with Crippen molar-refractivity contribution in [3.63, 3.8) is 0 Å². The molecule has 0 unspecified atom stereocenters. The van der Waals surface area contributed by atoms with Crippen LogP contribution in [0.2, 0.25) is 0 Å². The van der Waals surface area contributed by atoms with Crippen molar-refractivity contribution in [3.8, 4) is 17.2 Å². The van der Waals surface area contributed by atoms with Gasteiger partial charge in [-0.05, 0) is 24.3 Å². The molecule has 1 aliphatic heterocycles. The van der Waals surface area contributed by atoms with Crippen LogP contribution in [0, 0.1) is 5.41 Å². The van der Waals surface area contributed by atoms with Gasteiger partial charge in [0.2, 0.25) is 11.7 Å². The predicted octanol–water partition coefficient (Wildman–Crippen LogP) is 3.66. The monoisotopic (exact) mass is 469 g/mol. The SMILES string of the molecule is COc1ccc(CN2CCN(C(=O)c3cccc(NC(=O)C(C)(C)C)c3)CC2)c(OC)c1OC. The zero-order valence-corrected chi connectivity index (χ0v) is 20.9. The second-order valence-corrected chi connectivity index (χ2v) is 9.35. The highest BCUT2D eigenvalue weighted by Gasteiger charge is 2.25. The van der Waals surface area contributed by atoms with Crippen molar-refractivity contribution in [1.82, 2.24) is 9.80 Å². The van der Waals surface area contributed by atoms with E-state index in [2.05, 4.69) is 10.2 Å². The third kappa shape index (κ3) is 5.80. The van der Waals surface area contributed by atoms with Gasteiger partial charge in [-0.3, -0.25) is 14.5 Å². The van der Waals surface area contributed by atoms with Gasteiger partial charge in [-0.15, -0.1) is 0 Å². The number of carbonyl (C=O) groups excluding carboxylic acids is 2. The highest BCUT2D eigenvalue weighted by atomic mass is 16.5. The summed E-state index contributed by atoms with van der Waals surface area (Å²) < 4.78 is 16.5. The highest BCUT2D eigenvalue weighted by Crippen LogP contribution is 2.40. The van der Waals surface area contributed by atoms with Crippen molar-refractivity contribution in [2.75, 3.05) is 52.8 Å². The first-order valence-electron chi connectivity index (χ1n) is 11.4. The van der Waals surface area contributed by atoms with E-state index in [1.165, 1.54) is 0 Å². The average molecular weight is 470 g/mol. The van der Waals surface area contributed by atoms with Gasteiger partial charge in [0.05, 0.1) is 21.3 Å². The van der Waals surface area contributed by atoms with Crippen LogP contribution in [0.3, 0.4) is 0 Å². The molecule has 8 heteroatoms. The number of amides is 2. The number of methoxy groups -OCH3 is 3. The number of piperazine rings is 1. The number of hydrogen-bond acceptors (Lipinski definition) is 6. The number of nitrogens with zero attached hydrogens (tertiary/aromatic N) is 2. The van der Waals surface area contributed by atoms with Gasteiger partial charge < -0.3 is 24.4 Å². The number of carbonyl (C=O) groups is 2. The molecule has 1 heterocycles. The molecule has 3 rings (SSSR count). The lowest BCUT2D eigenvalue weighted by atomic mass is 9.95. The second kappa shape index (κ2) is 10.8. The molecule has 2 aromatic rings. The van der Waals surface area contributed by atoms with E-state index in [1.54, 1.807) is 45.6 Å². The number of nitrogens with one attached hydrogen (secondary N) is 1. The molecule has 8 nitrogen and oxygen atoms in total. The summed E-state index contributed by atoms with van der Waals surface area (Å²) in [4.78, 5) is 29.5. The molecule has 1 N–H and O–H groups in total. The van der Waals surface area contributed by atoms with E-state index in [0.717, 1.165) is 18.7 Å². The fourth-order valence-electron chi connectivity index (χ4n) is 3.87. The van der Waals surface area contributed by atoms with Gasteiger partial charge in [0.15, 0.2) is 11.5 Å². The van der Waals surface area contributed by atoms with Crippen LogP contribution in [0.15, 0.2) is 36.4 Å². The Morgan fingerprint density at radius 2 is 1.59 bits per heavy atom. The maximum atomic E-state index is 13.1. The van der Waals surface area contributed by atoms with Crippen molar-refractivity contribution in [2.45, 2.75) is 27.3 Å². The van der Waals surface area contributed by atoms with Crippen LogP contribution >= 0.6 is 0 Å². The predicted molar refractivity (Wildman–Crippen MR) is 132 cm³/mol. The normalized spacial score (nSPS) is 14.5. The third-order valence-electron chi connectivity index (χ3n) is 5.89. The fraction of sp³-hybridized carbons (Fsp3) is 0.462. The quantitative estimate of drug-likeness (QED) is 0.667. The molecule has 1 saturated heterocycles. The molecule has 2 aromatic carbocycles. The molecule has 1 fully saturated rings. The fourth-order valence-corrected chi connectivity index (χ4v) is 3.87. The average Bonchev–Trinajstić information content (AvgIpc) is 2.83. The van der Waals surface area contributed by atoms with E-state index in [4.69, 9.17) is 14.2 Å². The van der Waals surface area contributed by atoms with Crippen molar-refractivity contribution in [3.05, 3.63) is 47.5 Å². The van der Waals surface area contributed by atoms with Crippen molar-refractivity contribution in [2.24, 2.45) is 5.41 Å². The second-order valence-electron chi connectivity index (χ2n) is 9.35. The Morgan fingerprint density at radius 3 is 2.18 bits per heavy atom. The lowest BCUT2D eigenvalue weighted by Gasteiger charge is -2.35. The molecule has 0 aliphatic carbocycles. The van der Waals surface area contributed by atoms with Gasteiger partial charge >= 0.3 is 0 Å². The largest absolute Gasteiger partial charge is 0.493 e. The molecule has 0 radical (unpaired) electrons. The summed E-state index contributed by atoms with van der Waals surface area (Å²) in [6, 6.07) is 11.0. The Hall–Kier alpha value is -3.26. The summed E-state index contributed by atoms with van der Waals surface area (Å²) in [7, 11) is 4.81. The Labute approximate surface area is 201 Å². The van der Waals surface area contributed by atoms with Crippen molar-refractivity contribution < 1.29 is 23.8 Å². The summed E-state index contributed by atoms with van der Waals surface area (Å²) in [5, 5.41) is 2.89. The minimum absolute atomic E-state index is 0.0322. The molecule has 1 aliphatic rings. The number of benzene rings is 2. The molecule has 0 atom stereocenters. The molecule has 0 spiro atoms. The van der Waals surface area contributed by atoms with Gasteiger partial charge in [0.25, 0.3) is 5.91 Å². The summed E-state index contributed by atoms with van der Waals surface area (Å²) in [6.45, 7) is 8.96. The van der Waals surface area contributed by atoms with Crippen LogP contribution < -0.4 is 19.5 Å². The first-order chi connectivity index (χ1) is 16.2. The van der Waals surface area contributed by atoms with Crippen LogP contribution in [0.25, 0.3) is 0 Å². The maximum Gasteiger partial charge on any atom is 0.254 e. The van der Waals surface area contributed by atoms with E-state index in [9.17, 15) is 9.59 Å². The lowest BCUT2D eigenvalue weighted by molar-refractivity contribution is -0.123. The standard InChI is InChI=1S/C26H35N3O5/c1-26(2,3)25(31)27-20-9-7-8-18(16-20)24(30)29-14-12-28(13-15-29)17-19-10-11-21(32-4)23(34-6)22(19)33-5/h7-11,16H,12-15,17H2,1-6H3,(H,27,31). The molecule has 0 aromatic heterocycles. The van der Waals surface area contributed by atoms with Crippen LogP contribution in [-0.4, -0.2) is 69.1 Å². The Morgan fingerprint density at radius 1 is 0.912 bits per heavy atom. The number of anilines is 1. The number of rotatable bonds is 7. The Balaban J connectivity index is 1.63. The van der Waals surface area contributed by atoms with Gasteiger partial charge in [0, 0.05) is 55.0 Å². The summed E-state index contributed by atoms with van der Waals surface area (Å²) in [6.07, 6.45) is 0. The molecule has 0 bridgehead atoms. The smallest absolute Gasteiger partial charge is 0.254 e. The van der Waals surface area contributed by atoms with Crippen molar-refractivity contribution in [1.29, 1.82) is 0 Å². The number of ether oxygens (including phenoxy) is 3. The summed E-state index contributed by atoms with van der Waals surface area (Å²) in [5.41, 5.74) is 1.70. The summed E-state index contributed by atoms with van der Waals surface area (Å²) in [5.74, 6) is 1.75. The zero-order valence-electron chi connectivity index (χ0n) is 20.9. The van der Waals surface area contributed by atoms with Gasteiger partial charge in [-0.1, -0.05) is 32.9 Å².